The maximum atomic E-state index is 11.0. The number of hydrogen-bond acceptors (Lipinski definition) is 4. The number of carbonyl (C=O) groups is 1. The molecule has 0 aromatic rings. The molecule has 0 radical (unpaired) electrons. The van der Waals surface area contributed by atoms with Crippen molar-refractivity contribution in [3.63, 3.8) is 0 Å². The van der Waals surface area contributed by atoms with Crippen molar-refractivity contribution in [1.82, 2.24) is 0 Å². The first-order chi connectivity index (χ1) is 7.16. The van der Waals surface area contributed by atoms with Crippen LogP contribution in [0.2, 0.25) is 0 Å². The fraction of sp³-hybridized carbons (Fsp3) is 0.900. The highest BCUT2D eigenvalue weighted by atomic mass is 79.9. The van der Waals surface area contributed by atoms with Gasteiger partial charge in [0.15, 0.2) is 0 Å². The van der Waals surface area contributed by atoms with E-state index in [1.54, 1.807) is 0 Å². The molecule has 4 nitrogen and oxygen atoms in total. The normalized spacial score (nSPS) is 10.7. The van der Waals surface area contributed by atoms with E-state index in [0.717, 1.165) is 5.33 Å². The Bertz CT molecular complexity index is 162. The van der Waals surface area contributed by atoms with Gasteiger partial charge >= 0.3 is 5.97 Å². The Labute approximate surface area is 99.4 Å². The monoisotopic (exact) mass is 282 g/mol. The van der Waals surface area contributed by atoms with Crippen LogP contribution in [-0.2, 0) is 19.0 Å². The van der Waals surface area contributed by atoms with E-state index in [-0.39, 0.29) is 12.6 Å². The number of carbonyl (C=O) groups excluding carboxylic acids is 1. The van der Waals surface area contributed by atoms with Crippen molar-refractivity contribution in [2.75, 3.05) is 38.4 Å². The number of hydrogen-bond donors (Lipinski definition) is 0. The molecular formula is C10H19BrO4. The molecular weight excluding hydrogens is 264 g/mol. The molecule has 0 spiro atoms. The quantitative estimate of drug-likeness (QED) is 0.366. The van der Waals surface area contributed by atoms with Crippen LogP contribution in [0.4, 0.5) is 0 Å². The number of halogens is 1. The molecule has 0 aliphatic rings. The molecule has 0 atom stereocenters. The van der Waals surface area contributed by atoms with Crippen LogP contribution in [-0.4, -0.2) is 44.3 Å². The maximum Gasteiger partial charge on any atom is 0.332 e. The summed E-state index contributed by atoms with van der Waals surface area (Å²) in [5, 5.41) is 0.809. The Kier molecular flexibility index (Phi) is 10.3. The Morgan fingerprint density at radius 3 is 2.47 bits per heavy atom. The van der Waals surface area contributed by atoms with Gasteiger partial charge in [-0.05, 0) is 5.92 Å². The third-order valence-corrected chi connectivity index (χ3v) is 1.71. The molecule has 0 aliphatic heterocycles. The summed E-state index contributed by atoms with van der Waals surface area (Å²) in [5.41, 5.74) is 0. The van der Waals surface area contributed by atoms with Gasteiger partial charge in [-0.25, -0.2) is 4.79 Å². The van der Waals surface area contributed by atoms with Crippen molar-refractivity contribution in [2.24, 2.45) is 5.92 Å². The van der Waals surface area contributed by atoms with Gasteiger partial charge in [-0.15, -0.1) is 0 Å². The first-order valence-electron chi connectivity index (χ1n) is 5.04. The minimum atomic E-state index is -0.316. The van der Waals surface area contributed by atoms with Crippen molar-refractivity contribution in [2.45, 2.75) is 13.8 Å². The predicted molar refractivity (Wildman–Crippen MR) is 61.2 cm³/mol. The van der Waals surface area contributed by atoms with Crippen molar-refractivity contribution >= 4 is 21.9 Å². The zero-order chi connectivity index (χ0) is 11.5. The van der Waals surface area contributed by atoms with Gasteiger partial charge in [0.2, 0.25) is 0 Å². The summed E-state index contributed by atoms with van der Waals surface area (Å²) >= 11 is 3.24. The summed E-state index contributed by atoms with van der Waals surface area (Å²) in [5.74, 6) is 0.0420. The molecule has 15 heavy (non-hydrogen) atoms. The Morgan fingerprint density at radius 1 is 1.20 bits per heavy atom. The molecule has 0 unspecified atom stereocenters. The molecule has 0 aromatic heterocycles. The van der Waals surface area contributed by atoms with E-state index in [2.05, 4.69) is 15.9 Å². The first-order valence-corrected chi connectivity index (χ1v) is 6.16. The number of esters is 1. The second-order valence-electron chi connectivity index (χ2n) is 3.43. The lowest BCUT2D eigenvalue weighted by Gasteiger charge is -2.07. The molecule has 5 heteroatoms. The molecule has 0 aromatic carbocycles. The summed E-state index contributed by atoms with van der Waals surface area (Å²) in [7, 11) is 0. The average molecular weight is 283 g/mol. The highest BCUT2D eigenvalue weighted by Gasteiger charge is 2.03. The predicted octanol–water partition coefficient (Wildman–Crippen LogP) is 1.61. The summed E-state index contributed by atoms with van der Waals surface area (Å²) < 4.78 is 15.1. The van der Waals surface area contributed by atoms with E-state index in [1.807, 2.05) is 13.8 Å². The largest absolute Gasteiger partial charge is 0.464 e. The zero-order valence-electron chi connectivity index (χ0n) is 9.33. The smallest absolute Gasteiger partial charge is 0.332 e. The van der Waals surface area contributed by atoms with Gasteiger partial charge in [-0.1, -0.05) is 29.8 Å². The highest BCUT2D eigenvalue weighted by molar-refractivity contribution is 9.09. The lowest BCUT2D eigenvalue weighted by Crippen LogP contribution is -2.17. The minimum Gasteiger partial charge on any atom is -0.464 e. The summed E-state index contributed by atoms with van der Waals surface area (Å²) in [4.78, 5) is 11.0. The minimum absolute atomic E-state index is 0.00436. The van der Waals surface area contributed by atoms with Gasteiger partial charge in [0.1, 0.15) is 6.61 Å². The second-order valence-corrected chi connectivity index (χ2v) is 4.22. The molecule has 0 amide bonds. The maximum absolute atomic E-state index is 11.0. The molecule has 0 rings (SSSR count). The standard InChI is InChI=1S/C10H19BrO4/c1-9(2)7-15-10(12)8-14-6-5-13-4-3-11/h9H,3-8H2,1-2H3. The van der Waals surface area contributed by atoms with Gasteiger partial charge in [0, 0.05) is 5.33 Å². The Balaban J connectivity index is 3.17. The molecule has 0 aliphatic carbocycles. The Morgan fingerprint density at radius 2 is 1.87 bits per heavy atom. The molecule has 0 N–H and O–H groups in total. The van der Waals surface area contributed by atoms with Crippen LogP contribution in [0, 0.1) is 5.92 Å². The second kappa shape index (κ2) is 10.4. The van der Waals surface area contributed by atoms with E-state index in [0.29, 0.717) is 32.3 Å². The summed E-state index contributed by atoms with van der Waals surface area (Å²) in [6.45, 7) is 6.01. The molecule has 0 bridgehead atoms. The lowest BCUT2D eigenvalue weighted by atomic mass is 10.2. The molecule has 0 saturated heterocycles. The van der Waals surface area contributed by atoms with Crippen LogP contribution < -0.4 is 0 Å². The topological polar surface area (TPSA) is 44.8 Å². The lowest BCUT2D eigenvalue weighted by molar-refractivity contribution is -0.150. The van der Waals surface area contributed by atoms with Crippen molar-refractivity contribution < 1.29 is 19.0 Å². The van der Waals surface area contributed by atoms with Gasteiger partial charge in [-0.2, -0.15) is 0 Å². The average Bonchev–Trinajstić information content (AvgIpc) is 2.20. The van der Waals surface area contributed by atoms with E-state index >= 15 is 0 Å². The van der Waals surface area contributed by atoms with Crippen LogP contribution in [0.1, 0.15) is 13.8 Å². The van der Waals surface area contributed by atoms with E-state index < -0.39 is 0 Å². The first kappa shape index (κ1) is 14.9. The van der Waals surface area contributed by atoms with Crippen molar-refractivity contribution in [3.05, 3.63) is 0 Å². The molecule has 90 valence electrons. The fourth-order valence-electron chi connectivity index (χ4n) is 0.731. The van der Waals surface area contributed by atoms with E-state index in [1.165, 1.54) is 0 Å². The third-order valence-electron chi connectivity index (χ3n) is 1.39. The van der Waals surface area contributed by atoms with Crippen LogP contribution in [0.5, 0.6) is 0 Å². The van der Waals surface area contributed by atoms with Crippen molar-refractivity contribution in [3.8, 4) is 0 Å². The molecule has 0 heterocycles. The third kappa shape index (κ3) is 11.8. The van der Waals surface area contributed by atoms with Gasteiger partial charge in [-0.3, -0.25) is 0 Å². The van der Waals surface area contributed by atoms with Crippen LogP contribution in [0.3, 0.4) is 0 Å². The number of rotatable bonds is 9. The summed E-state index contributed by atoms with van der Waals surface area (Å²) in [6.07, 6.45) is 0. The van der Waals surface area contributed by atoms with Gasteiger partial charge in [0.05, 0.1) is 26.4 Å². The van der Waals surface area contributed by atoms with Crippen LogP contribution >= 0.6 is 15.9 Å². The van der Waals surface area contributed by atoms with E-state index in [9.17, 15) is 4.79 Å². The van der Waals surface area contributed by atoms with Gasteiger partial charge in [0.25, 0.3) is 0 Å². The molecule has 0 saturated carbocycles. The van der Waals surface area contributed by atoms with E-state index in [4.69, 9.17) is 14.2 Å². The number of ether oxygens (including phenoxy) is 3. The van der Waals surface area contributed by atoms with Crippen LogP contribution in [0.25, 0.3) is 0 Å². The van der Waals surface area contributed by atoms with Crippen LogP contribution in [0.15, 0.2) is 0 Å². The van der Waals surface area contributed by atoms with Gasteiger partial charge < -0.3 is 14.2 Å². The zero-order valence-corrected chi connectivity index (χ0v) is 10.9. The number of alkyl halides is 1. The highest BCUT2D eigenvalue weighted by Crippen LogP contribution is 1.93. The Hall–Kier alpha value is -0.130. The SMILES string of the molecule is CC(C)COC(=O)COCCOCCBr. The van der Waals surface area contributed by atoms with Crippen molar-refractivity contribution in [1.29, 1.82) is 0 Å². The summed E-state index contributed by atoms with van der Waals surface area (Å²) in [6, 6.07) is 0. The molecule has 0 fully saturated rings. The fourth-order valence-corrected chi connectivity index (χ4v) is 0.960.